The number of hydrogen-bond donors (Lipinski definition) is 2. The number of nitrogens with two attached hydrogens (primary N) is 1. The molecule has 0 aromatic heterocycles. The number of rotatable bonds is 3. The van der Waals surface area contributed by atoms with Gasteiger partial charge in [0.2, 0.25) is 0 Å². The average molecular weight is 400 g/mol. The van der Waals surface area contributed by atoms with E-state index in [1.165, 1.54) is 0 Å². The molecule has 0 fully saturated rings. The molecule has 0 saturated heterocycles. The molecule has 19 heavy (non-hydrogen) atoms. The summed E-state index contributed by atoms with van der Waals surface area (Å²) in [5.41, 5.74) is 9.60. The second-order valence-electron chi connectivity index (χ2n) is 4.12. The lowest BCUT2D eigenvalue weighted by Crippen LogP contribution is -2.12. The van der Waals surface area contributed by atoms with Gasteiger partial charge in [-0.05, 0) is 52.7 Å². The van der Waals surface area contributed by atoms with Gasteiger partial charge >= 0.3 is 0 Å². The molecule has 2 rings (SSSR count). The fourth-order valence-electron chi connectivity index (χ4n) is 1.72. The third-order valence-electron chi connectivity index (χ3n) is 2.71. The van der Waals surface area contributed by atoms with Crippen LogP contribution in [0.15, 0.2) is 45.3 Å². The molecule has 0 saturated carbocycles. The van der Waals surface area contributed by atoms with Gasteiger partial charge in [-0.3, -0.25) is 0 Å². The molecule has 0 aliphatic rings. The minimum Gasteiger partial charge on any atom is -0.389 e. The molecule has 5 heteroatoms. The Labute approximate surface area is 134 Å². The molecule has 0 unspecified atom stereocenters. The van der Waals surface area contributed by atoms with Crippen LogP contribution in [0.2, 0.25) is 0 Å². The highest BCUT2D eigenvalue weighted by atomic mass is 79.9. The zero-order chi connectivity index (χ0) is 14.0. The van der Waals surface area contributed by atoms with Crippen molar-refractivity contribution in [3.8, 4) is 0 Å². The van der Waals surface area contributed by atoms with E-state index in [2.05, 4.69) is 37.2 Å². The Morgan fingerprint density at radius 2 is 1.89 bits per heavy atom. The van der Waals surface area contributed by atoms with Gasteiger partial charge in [-0.15, -0.1) is 0 Å². The Balaban J connectivity index is 2.45. The van der Waals surface area contributed by atoms with Gasteiger partial charge < -0.3 is 11.1 Å². The van der Waals surface area contributed by atoms with Crippen LogP contribution in [0.4, 0.5) is 11.4 Å². The van der Waals surface area contributed by atoms with E-state index in [-0.39, 0.29) is 0 Å². The number of thiocarbonyl (C=S) groups is 1. The second-order valence-corrected chi connectivity index (χ2v) is 6.26. The molecule has 0 spiro atoms. The van der Waals surface area contributed by atoms with E-state index in [9.17, 15) is 0 Å². The van der Waals surface area contributed by atoms with Crippen LogP contribution in [0.3, 0.4) is 0 Å². The summed E-state index contributed by atoms with van der Waals surface area (Å²) in [4.78, 5) is 0.374. The van der Waals surface area contributed by atoms with Gasteiger partial charge in [-0.25, -0.2) is 0 Å². The third kappa shape index (κ3) is 3.35. The van der Waals surface area contributed by atoms with Crippen molar-refractivity contribution in [1.82, 2.24) is 0 Å². The molecule has 98 valence electrons. The monoisotopic (exact) mass is 398 g/mol. The molecule has 0 heterocycles. The maximum Gasteiger partial charge on any atom is 0.106 e. The normalized spacial score (nSPS) is 10.3. The molecule has 0 bridgehead atoms. The summed E-state index contributed by atoms with van der Waals surface area (Å²) in [6.45, 7) is 2.05. The molecule has 2 nitrogen and oxygen atoms in total. The first-order valence-electron chi connectivity index (χ1n) is 5.60. The summed E-state index contributed by atoms with van der Waals surface area (Å²) >= 11 is 12.1. The lowest BCUT2D eigenvalue weighted by Gasteiger charge is -2.14. The number of aryl methyl sites for hydroxylation is 1. The van der Waals surface area contributed by atoms with Crippen molar-refractivity contribution in [3.05, 3.63) is 56.5 Å². The molecule has 0 aliphatic heterocycles. The number of anilines is 2. The van der Waals surface area contributed by atoms with Crippen LogP contribution in [-0.2, 0) is 0 Å². The van der Waals surface area contributed by atoms with Gasteiger partial charge in [-0.2, -0.15) is 0 Å². The van der Waals surface area contributed by atoms with E-state index in [4.69, 9.17) is 18.0 Å². The highest BCUT2D eigenvalue weighted by molar-refractivity contribution is 9.11. The lowest BCUT2D eigenvalue weighted by atomic mass is 10.1. The van der Waals surface area contributed by atoms with Gasteiger partial charge in [0, 0.05) is 20.2 Å². The predicted octanol–water partition coefficient (Wildman–Crippen LogP) is 4.90. The van der Waals surface area contributed by atoms with E-state index in [1.807, 2.05) is 43.3 Å². The maximum absolute atomic E-state index is 5.75. The van der Waals surface area contributed by atoms with Crippen molar-refractivity contribution in [1.29, 1.82) is 0 Å². The van der Waals surface area contributed by atoms with Crippen LogP contribution in [-0.4, -0.2) is 4.99 Å². The summed E-state index contributed by atoms with van der Waals surface area (Å²) in [6, 6.07) is 11.8. The van der Waals surface area contributed by atoms with E-state index >= 15 is 0 Å². The van der Waals surface area contributed by atoms with Crippen molar-refractivity contribution in [3.63, 3.8) is 0 Å². The van der Waals surface area contributed by atoms with Crippen molar-refractivity contribution >= 4 is 60.4 Å². The molecule has 0 amide bonds. The molecule has 0 radical (unpaired) electrons. The lowest BCUT2D eigenvalue weighted by molar-refractivity contribution is 1.40. The standard InChI is InChI=1S/C14H12Br2N2S/c1-8-3-2-4-11(13(8)16)18-12-7-9(15)5-6-10(12)14(17)19/h2-7,18H,1H3,(H2,17,19). The Morgan fingerprint density at radius 1 is 1.16 bits per heavy atom. The first kappa shape index (κ1) is 14.5. The van der Waals surface area contributed by atoms with E-state index in [1.54, 1.807) is 0 Å². The van der Waals surface area contributed by atoms with Crippen molar-refractivity contribution < 1.29 is 0 Å². The Hall–Kier alpha value is -0.910. The number of halogens is 2. The summed E-state index contributed by atoms with van der Waals surface area (Å²) in [6.07, 6.45) is 0. The minimum absolute atomic E-state index is 0.374. The van der Waals surface area contributed by atoms with E-state index in [0.717, 1.165) is 31.4 Å². The van der Waals surface area contributed by atoms with Crippen LogP contribution in [0.5, 0.6) is 0 Å². The molecular formula is C14H12Br2N2S. The molecule has 3 N–H and O–H groups in total. The average Bonchev–Trinajstić information content (AvgIpc) is 2.35. The second kappa shape index (κ2) is 6.03. The topological polar surface area (TPSA) is 38.0 Å². The zero-order valence-corrected chi connectivity index (χ0v) is 14.2. The summed E-state index contributed by atoms with van der Waals surface area (Å²) in [5, 5.41) is 3.36. The SMILES string of the molecule is Cc1cccc(Nc2cc(Br)ccc2C(N)=S)c1Br. The highest BCUT2D eigenvalue weighted by Crippen LogP contribution is 2.31. The van der Waals surface area contributed by atoms with Crippen LogP contribution >= 0.6 is 44.1 Å². The van der Waals surface area contributed by atoms with Crippen molar-refractivity contribution in [2.75, 3.05) is 5.32 Å². The zero-order valence-electron chi connectivity index (χ0n) is 10.2. The highest BCUT2D eigenvalue weighted by Gasteiger charge is 2.08. The van der Waals surface area contributed by atoms with Crippen LogP contribution in [0.1, 0.15) is 11.1 Å². The smallest absolute Gasteiger partial charge is 0.106 e. The fraction of sp³-hybridized carbons (Fsp3) is 0.0714. The Kier molecular flexibility index (Phi) is 4.60. The number of nitrogens with one attached hydrogen (secondary N) is 1. The predicted molar refractivity (Wildman–Crippen MR) is 92.2 cm³/mol. The fourth-order valence-corrected chi connectivity index (χ4v) is 2.63. The first-order valence-corrected chi connectivity index (χ1v) is 7.60. The van der Waals surface area contributed by atoms with Crippen LogP contribution in [0.25, 0.3) is 0 Å². The van der Waals surface area contributed by atoms with Gasteiger partial charge in [-0.1, -0.05) is 40.3 Å². The molecule has 0 atom stereocenters. The van der Waals surface area contributed by atoms with Gasteiger partial charge in [0.15, 0.2) is 0 Å². The molecule has 2 aromatic rings. The molecule has 2 aromatic carbocycles. The van der Waals surface area contributed by atoms with E-state index in [0.29, 0.717) is 4.99 Å². The van der Waals surface area contributed by atoms with E-state index < -0.39 is 0 Å². The molecule has 0 aliphatic carbocycles. The van der Waals surface area contributed by atoms with Gasteiger partial charge in [0.05, 0.1) is 5.69 Å². The minimum atomic E-state index is 0.374. The van der Waals surface area contributed by atoms with Gasteiger partial charge in [0.1, 0.15) is 4.99 Å². The van der Waals surface area contributed by atoms with Crippen molar-refractivity contribution in [2.45, 2.75) is 6.92 Å². The van der Waals surface area contributed by atoms with Crippen LogP contribution < -0.4 is 11.1 Å². The Bertz CT molecular complexity index is 641. The van der Waals surface area contributed by atoms with Gasteiger partial charge in [0.25, 0.3) is 0 Å². The first-order chi connectivity index (χ1) is 8.99. The quantitative estimate of drug-likeness (QED) is 0.721. The maximum atomic E-state index is 5.75. The Morgan fingerprint density at radius 3 is 2.58 bits per heavy atom. The summed E-state index contributed by atoms with van der Waals surface area (Å²) in [7, 11) is 0. The van der Waals surface area contributed by atoms with Crippen LogP contribution in [0, 0.1) is 6.92 Å². The summed E-state index contributed by atoms with van der Waals surface area (Å²) in [5.74, 6) is 0. The number of benzene rings is 2. The summed E-state index contributed by atoms with van der Waals surface area (Å²) < 4.78 is 2.00. The number of hydrogen-bond acceptors (Lipinski definition) is 2. The molecular weight excluding hydrogens is 388 g/mol. The van der Waals surface area contributed by atoms with Crippen molar-refractivity contribution in [2.24, 2.45) is 5.73 Å². The largest absolute Gasteiger partial charge is 0.389 e. The third-order valence-corrected chi connectivity index (χ3v) is 4.47.